The van der Waals surface area contributed by atoms with Gasteiger partial charge < -0.3 is 20.4 Å². The van der Waals surface area contributed by atoms with E-state index < -0.39 is 0 Å². The number of nitrogens with zero attached hydrogens (tertiary/aromatic N) is 4. The van der Waals surface area contributed by atoms with Crippen LogP contribution in [0.4, 0.5) is 17.6 Å². The molecule has 0 spiro atoms. The van der Waals surface area contributed by atoms with Crippen molar-refractivity contribution in [3.8, 4) is 0 Å². The van der Waals surface area contributed by atoms with Gasteiger partial charge in [-0.05, 0) is 57.7 Å². The van der Waals surface area contributed by atoms with E-state index in [0.29, 0.717) is 17.1 Å². The van der Waals surface area contributed by atoms with E-state index in [1.165, 1.54) is 44.9 Å². The molecule has 3 rings (SSSR count). The van der Waals surface area contributed by atoms with Crippen LogP contribution in [0.1, 0.15) is 65.2 Å². The second-order valence-electron chi connectivity index (χ2n) is 7.73. The van der Waals surface area contributed by atoms with Crippen LogP contribution in [0.25, 0.3) is 0 Å². The summed E-state index contributed by atoms with van der Waals surface area (Å²) in [5.41, 5.74) is 0. The average molecular weight is 391 g/mol. The summed E-state index contributed by atoms with van der Waals surface area (Å²) < 4.78 is 0. The Balaban J connectivity index is 1.85. The van der Waals surface area contributed by atoms with E-state index in [1.54, 1.807) is 0 Å². The number of thiocarbonyl (C=S) groups is 1. The van der Waals surface area contributed by atoms with Gasteiger partial charge in [-0.2, -0.15) is 9.97 Å². The van der Waals surface area contributed by atoms with Crippen molar-refractivity contribution in [2.24, 2.45) is 0 Å². The summed E-state index contributed by atoms with van der Waals surface area (Å²) in [6, 6.07) is 2.70. The first kappa shape index (κ1) is 20.1. The smallest absolute Gasteiger partial charge is 0.232 e. The summed E-state index contributed by atoms with van der Waals surface area (Å²) in [7, 11) is 0. The van der Waals surface area contributed by atoms with Crippen LogP contribution < -0.4 is 20.4 Å². The van der Waals surface area contributed by atoms with Gasteiger partial charge in [-0.25, -0.2) is 0 Å². The van der Waals surface area contributed by atoms with Gasteiger partial charge in [0.25, 0.3) is 0 Å². The van der Waals surface area contributed by atoms with E-state index >= 15 is 0 Å². The topological polar surface area (TPSA) is 56.3 Å². The van der Waals surface area contributed by atoms with Crippen LogP contribution in [-0.4, -0.2) is 47.3 Å². The monoisotopic (exact) mass is 390 g/mol. The highest BCUT2D eigenvalue weighted by Gasteiger charge is 2.22. The van der Waals surface area contributed by atoms with Gasteiger partial charge in [-0.1, -0.05) is 19.8 Å². The van der Waals surface area contributed by atoms with Crippen LogP contribution in [0, 0.1) is 0 Å². The van der Waals surface area contributed by atoms with Gasteiger partial charge in [0, 0.05) is 38.3 Å². The molecule has 2 saturated heterocycles. The molecule has 2 aliphatic rings. The minimum atomic E-state index is 0.517. The number of rotatable bonds is 5. The van der Waals surface area contributed by atoms with E-state index in [0.717, 1.165) is 44.2 Å². The second-order valence-corrected chi connectivity index (χ2v) is 8.14. The Kier molecular flexibility index (Phi) is 7.50. The lowest BCUT2D eigenvalue weighted by Crippen LogP contribution is -2.38. The second kappa shape index (κ2) is 10.1. The van der Waals surface area contributed by atoms with E-state index in [1.807, 2.05) is 0 Å². The Hall–Kier alpha value is -1.63. The molecule has 0 saturated carbocycles. The van der Waals surface area contributed by atoms with E-state index in [4.69, 9.17) is 22.2 Å². The van der Waals surface area contributed by atoms with Crippen LogP contribution in [-0.2, 0) is 0 Å². The molecule has 3 heterocycles. The van der Waals surface area contributed by atoms with Crippen LogP contribution in [0.2, 0.25) is 0 Å². The molecule has 0 amide bonds. The summed E-state index contributed by atoms with van der Waals surface area (Å²) in [6.45, 7) is 8.49. The number of hydrogen-bond donors (Lipinski definition) is 2. The lowest BCUT2D eigenvalue weighted by Gasteiger charge is -2.35. The Bertz CT molecular complexity index is 614. The highest BCUT2D eigenvalue weighted by molar-refractivity contribution is 7.80. The zero-order valence-electron chi connectivity index (χ0n) is 16.8. The normalized spacial score (nSPS) is 20.9. The van der Waals surface area contributed by atoms with Crippen molar-refractivity contribution in [2.75, 3.05) is 41.3 Å². The van der Waals surface area contributed by atoms with Gasteiger partial charge >= 0.3 is 0 Å². The van der Waals surface area contributed by atoms with Gasteiger partial charge in [0.1, 0.15) is 11.6 Å². The third-order valence-corrected chi connectivity index (χ3v) is 5.73. The molecule has 0 aliphatic carbocycles. The van der Waals surface area contributed by atoms with Crippen LogP contribution >= 0.6 is 12.2 Å². The molecule has 1 aromatic rings. The van der Waals surface area contributed by atoms with Crippen LogP contribution in [0.3, 0.4) is 0 Å². The molecule has 6 nitrogen and oxygen atoms in total. The number of nitrogens with one attached hydrogen (secondary N) is 2. The number of anilines is 3. The summed E-state index contributed by atoms with van der Waals surface area (Å²) in [6.07, 6.45) is 9.89. The largest absolute Gasteiger partial charge is 0.362 e. The standard InChI is InChI=1S/C20H34N6S/c1-3-11-21-20(27)24-19-22-17(25-12-7-4-5-8-13-25)15-18(23-19)26-14-9-6-10-16(26)2/h15-16H,3-14H2,1-2H3,(H2,21,22,23,24,27). The van der Waals surface area contributed by atoms with Gasteiger partial charge in [-0.3, -0.25) is 0 Å². The molecule has 27 heavy (non-hydrogen) atoms. The molecule has 1 unspecified atom stereocenters. The Labute approximate surface area is 169 Å². The molecule has 2 N–H and O–H groups in total. The molecule has 0 aromatic carbocycles. The predicted octanol–water partition coefficient (Wildman–Crippen LogP) is 3.93. The first-order valence-electron chi connectivity index (χ1n) is 10.6. The van der Waals surface area contributed by atoms with Gasteiger partial charge in [0.2, 0.25) is 5.95 Å². The van der Waals surface area contributed by atoms with E-state index in [9.17, 15) is 0 Å². The molecule has 7 heteroatoms. The summed E-state index contributed by atoms with van der Waals surface area (Å²) in [5.74, 6) is 2.66. The number of piperidine rings is 1. The van der Waals surface area contributed by atoms with Gasteiger partial charge in [0.15, 0.2) is 5.11 Å². The molecule has 0 bridgehead atoms. The van der Waals surface area contributed by atoms with Gasteiger partial charge in [0.05, 0.1) is 0 Å². The molecule has 2 fully saturated rings. The maximum Gasteiger partial charge on any atom is 0.232 e. The lowest BCUT2D eigenvalue weighted by atomic mass is 10.0. The zero-order valence-corrected chi connectivity index (χ0v) is 17.7. The predicted molar refractivity (Wildman–Crippen MR) is 118 cm³/mol. The third kappa shape index (κ3) is 5.67. The number of hydrogen-bond acceptors (Lipinski definition) is 5. The molecular weight excluding hydrogens is 356 g/mol. The Morgan fingerprint density at radius 3 is 2.48 bits per heavy atom. The van der Waals surface area contributed by atoms with E-state index in [2.05, 4.69) is 40.3 Å². The lowest BCUT2D eigenvalue weighted by molar-refractivity contribution is 0.481. The molecular formula is C20H34N6S. The zero-order chi connectivity index (χ0) is 19.1. The van der Waals surface area contributed by atoms with Gasteiger partial charge in [-0.15, -0.1) is 0 Å². The molecule has 150 valence electrons. The summed E-state index contributed by atoms with van der Waals surface area (Å²) in [4.78, 5) is 14.5. The maximum atomic E-state index is 5.42. The fourth-order valence-electron chi connectivity index (χ4n) is 3.91. The van der Waals surface area contributed by atoms with Crippen molar-refractivity contribution in [3.63, 3.8) is 0 Å². The molecule has 2 aliphatic heterocycles. The minimum absolute atomic E-state index is 0.517. The quantitative estimate of drug-likeness (QED) is 0.739. The molecule has 1 aromatic heterocycles. The van der Waals surface area contributed by atoms with Crippen molar-refractivity contribution in [3.05, 3.63) is 6.07 Å². The van der Waals surface area contributed by atoms with E-state index in [-0.39, 0.29) is 0 Å². The Morgan fingerprint density at radius 2 is 1.78 bits per heavy atom. The van der Waals surface area contributed by atoms with Crippen LogP contribution in [0.5, 0.6) is 0 Å². The first-order valence-corrected chi connectivity index (χ1v) is 11.0. The average Bonchev–Trinajstić information content (AvgIpc) is 2.96. The van der Waals surface area contributed by atoms with Crippen molar-refractivity contribution in [1.29, 1.82) is 0 Å². The fraction of sp³-hybridized carbons (Fsp3) is 0.750. The summed E-state index contributed by atoms with van der Waals surface area (Å²) >= 11 is 5.42. The maximum absolute atomic E-state index is 5.42. The van der Waals surface area contributed by atoms with Crippen molar-refractivity contribution in [2.45, 2.75) is 71.3 Å². The highest BCUT2D eigenvalue weighted by Crippen LogP contribution is 2.28. The van der Waals surface area contributed by atoms with Crippen molar-refractivity contribution < 1.29 is 0 Å². The fourth-order valence-corrected chi connectivity index (χ4v) is 4.10. The number of aromatic nitrogens is 2. The highest BCUT2D eigenvalue weighted by atomic mass is 32.1. The third-order valence-electron chi connectivity index (χ3n) is 5.49. The minimum Gasteiger partial charge on any atom is -0.362 e. The molecule has 0 radical (unpaired) electrons. The first-order chi connectivity index (χ1) is 13.2. The van der Waals surface area contributed by atoms with Crippen molar-refractivity contribution in [1.82, 2.24) is 15.3 Å². The van der Waals surface area contributed by atoms with Crippen LogP contribution in [0.15, 0.2) is 6.07 Å². The summed E-state index contributed by atoms with van der Waals surface area (Å²) in [5, 5.41) is 7.02. The van der Waals surface area contributed by atoms with Crippen molar-refractivity contribution >= 4 is 34.9 Å². The SMILES string of the molecule is CCCNC(=S)Nc1nc(N2CCCCCC2)cc(N2CCCCC2C)n1. The molecule has 1 atom stereocenters. The Morgan fingerprint density at radius 1 is 1.07 bits per heavy atom.